The van der Waals surface area contributed by atoms with Crippen LogP contribution < -0.4 is 5.32 Å². The van der Waals surface area contributed by atoms with E-state index in [9.17, 15) is 0 Å². The van der Waals surface area contributed by atoms with Crippen molar-refractivity contribution < 1.29 is 14.2 Å². The number of hydrogen-bond donors (Lipinski definition) is 1. The van der Waals surface area contributed by atoms with Gasteiger partial charge in [-0.25, -0.2) is 0 Å². The van der Waals surface area contributed by atoms with E-state index in [4.69, 9.17) is 14.2 Å². The summed E-state index contributed by atoms with van der Waals surface area (Å²) in [4.78, 5) is 2.48. The van der Waals surface area contributed by atoms with Crippen LogP contribution in [0.25, 0.3) is 0 Å². The van der Waals surface area contributed by atoms with E-state index in [0.717, 1.165) is 32.8 Å². The Morgan fingerprint density at radius 2 is 1.72 bits per heavy atom. The quantitative estimate of drug-likeness (QED) is 0.606. The van der Waals surface area contributed by atoms with Crippen molar-refractivity contribution in [3.05, 3.63) is 0 Å². The van der Waals surface area contributed by atoms with Gasteiger partial charge in [0.25, 0.3) is 0 Å². The fourth-order valence-corrected chi connectivity index (χ4v) is 2.08. The van der Waals surface area contributed by atoms with Crippen molar-refractivity contribution in [2.45, 2.75) is 19.4 Å². The SMILES string of the molecule is COCCOCCOCCN1CCNCC1(C)C. The minimum Gasteiger partial charge on any atom is -0.382 e. The van der Waals surface area contributed by atoms with Crippen molar-refractivity contribution in [1.82, 2.24) is 10.2 Å². The van der Waals surface area contributed by atoms with Crippen LogP contribution in [0.2, 0.25) is 0 Å². The number of ether oxygens (including phenoxy) is 3. The zero-order chi connectivity index (χ0) is 13.3. The standard InChI is InChI=1S/C13H28N2O3/c1-13(2)12-14-4-5-15(13)6-7-17-10-11-18-9-8-16-3/h14H,4-12H2,1-3H3. The van der Waals surface area contributed by atoms with Crippen molar-refractivity contribution in [3.8, 4) is 0 Å². The fourth-order valence-electron chi connectivity index (χ4n) is 2.08. The zero-order valence-electron chi connectivity index (χ0n) is 12.0. The molecule has 0 bridgehead atoms. The predicted molar refractivity (Wildman–Crippen MR) is 72.0 cm³/mol. The molecule has 0 radical (unpaired) electrons. The highest BCUT2D eigenvalue weighted by molar-refractivity contribution is 4.87. The van der Waals surface area contributed by atoms with E-state index in [-0.39, 0.29) is 5.54 Å². The lowest BCUT2D eigenvalue weighted by Gasteiger charge is -2.42. The molecule has 1 N–H and O–H groups in total. The van der Waals surface area contributed by atoms with Crippen LogP contribution >= 0.6 is 0 Å². The number of hydrogen-bond acceptors (Lipinski definition) is 5. The summed E-state index contributed by atoms with van der Waals surface area (Å²) in [6, 6.07) is 0. The van der Waals surface area contributed by atoms with Crippen LogP contribution in [0.3, 0.4) is 0 Å². The Balaban J connectivity index is 1.97. The molecule has 1 fully saturated rings. The van der Waals surface area contributed by atoms with Gasteiger partial charge in [-0.1, -0.05) is 0 Å². The Labute approximate surface area is 111 Å². The third-order valence-corrected chi connectivity index (χ3v) is 3.28. The van der Waals surface area contributed by atoms with Gasteiger partial charge in [0.05, 0.1) is 33.0 Å². The Kier molecular flexibility index (Phi) is 7.77. The fraction of sp³-hybridized carbons (Fsp3) is 1.00. The lowest BCUT2D eigenvalue weighted by Crippen LogP contribution is -2.58. The van der Waals surface area contributed by atoms with Crippen LogP contribution in [-0.2, 0) is 14.2 Å². The van der Waals surface area contributed by atoms with Gasteiger partial charge in [-0.2, -0.15) is 0 Å². The molecule has 1 heterocycles. The van der Waals surface area contributed by atoms with Crippen molar-refractivity contribution in [2.24, 2.45) is 0 Å². The molecule has 1 saturated heterocycles. The molecule has 5 heteroatoms. The first kappa shape index (κ1) is 15.9. The van der Waals surface area contributed by atoms with Gasteiger partial charge in [0, 0.05) is 38.8 Å². The first-order chi connectivity index (χ1) is 8.67. The second-order valence-electron chi connectivity index (χ2n) is 5.19. The molecular formula is C13H28N2O3. The topological polar surface area (TPSA) is 43.0 Å². The molecule has 0 aromatic rings. The lowest BCUT2D eigenvalue weighted by molar-refractivity contribution is 0.00604. The normalized spacial score (nSPS) is 20.2. The van der Waals surface area contributed by atoms with Gasteiger partial charge in [-0.15, -0.1) is 0 Å². The summed E-state index contributed by atoms with van der Waals surface area (Å²) in [5.74, 6) is 0. The highest BCUT2D eigenvalue weighted by Gasteiger charge is 2.28. The van der Waals surface area contributed by atoms with Gasteiger partial charge in [0.2, 0.25) is 0 Å². The van der Waals surface area contributed by atoms with Gasteiger partial charge in [-0.05, 0) is 13.8 Å². The molecule has 0 atom stereocenters. The van der Waals surface area contributed by atoms with E-state index in [1.54, 1.807) is 7.11 Å². The first-order valence-electron chi connectivity index (χ1n) is 6.77. The third-order valence-electron chi connectivity index (χ3n) is 3.28. The summed E-state index contributed by atoms with van der Waals surface area (Å²) in [5.41, 5.74) is 0.233. The molecule has 0 amide bonds. The molecule has 0 unspecified atom stereocenters. The van der Waals surface area contributed by atoms with Gasteiger partial charge in [0.15, 0.2) is 0 Å². The van der Waals surface area contributed by atoms with E-state index < -0.39 is 0 Å². The molecule has 0 aromatic heterocycles. The Bertz CT molecular complexity index is 212. The lowest BCUT2D eigenvalue weighted by atomic mass is 10.0. The highest BCUT2D eigenvalue weighted by Crippen LogP contribution is 2.15. The average molecular weight is 260 g/mol. The van der Waals surface area contributed by atoms with E-state index in [2.05, 4.69) is 24.1 Å². The Morgan fingerprint density at radius 1 is 1.06 bits per heavy atom. The second-order valence-corrected chi connectivity index (χ2v) is 5.19. The molecule has 1 rings (SSSR count). The maximum absolute atomic E-state index is 5.58. The molecule has 0 aliphatic carbocycles. The zero-order valence-corrected chi connectivity index (χ0v) is 12.0. The van der Waals surface area contributed by atoms with E-state index in [1.165, 1.54) is 0 Å². The van der Waals surface area contributed by atoms with Gasteiger partial charge in [0.1, 0.15) is 0 Å². The molecule has 0 spiro atoms. The van der Waals surface area contributed by atoms with Crippen molar-refractivity contribution >= 4 is 0 Å². The van der Waals surface area contributed by atoms with Crippen molar-refractivity contribution in [3.63, 3.8) is 0 Å². The van der Waals surface area contributed by atoms with E-state index >= 15 is 0 Å². The Morgan fingerprint density at radius 3 is 2.39 bits per heavy atom. The third kappa shape index (κ3) is 6.11. The summed E-state index contributed by atoms with van der Waals surface area (Å²) in [5, 5.41) is 3.42. The molecule has 1 aliphatic rings. The van der Waals surface area contributed by atoms with Crippen LogP contribution in [0, 0.1) is 0 Å². The Hall–Kier alpha value is -0.200. The molecule has 0 saturated carbocycles. The molecule has 1 aliphatic heterocycles. The van der Waals surface area contributed by atoms with Crippen LogP contribution in [-0.4, -0.2) is 76.8 Å². The number of nitrogens with one attached hydrogen (secondary N) is 1. The number of methoxy groups -OCH3 is 1. The number of rotatable bonds is 9. The van der Waals surface area contributed by atoms with Crippen molar-refractivity contribution in [2.75, 3.05) is 66.3 Å². The summed E-state index contributed by atoms with van der Waals surface area (Å²) in [6.45, 7) is 12.1. The minimum absolute atomic E-state index is 0.233. The number of piperazine rings is 1. The van der Waals surface area contributed by atoms with Gasteiger partial charge >= 0.3 is 0 Å². The monoisotopic (exact) mass is 260 g/mol. The van der Waals surface area contributed by atoms with Gasteiger partial charge < -0.3 is 19.5 Å². The molecular weight excluding hydrogens is 232 g/mol. The molecule has 5 nitrogen and oxygen atoms in total. The minimum atomic E-state index is 0.233. The molecule has 0 aromatic carbocycles. The van der Waals surface area contributed by atoms with Crippen LogP contribution in [0.4, 0.5) is 0 Å². The van der Waals surface area contributed by atoms with Crippen LogP contribution in [0.15, 0.2) is 0 Å². The largest absolute Gasteiger partial charge is 0.382 e. The van der Waals surface area contributed by atoms with Crippen LogP contribution in [0.5, 0.6) is 0 Å². The van der Waals surface area contributed by atoms with Gasteiger partial charge in [-0.3, -0.25) is 4.90 Å². The average Bonchev–Trinajstić information content (AvgIpc) is 2.34. The summed E-state index contributed by atoms with van der Waals surface area (Å²) in [6.07, 6.45) is 0. The molecule has 18 heavy (non-hydrogen) atoms. The summed E-state index contributed by atoms with van der Waals surface area (Å²) >= 11 is 0. The van der Waals surface area contributed by atoms with E-state index in [0.29, 0.717) is 26.4 Å². The maximum Gasteiger partial charge on any atom is 0.0701 e. The van der Waals surface area contributed by atoms with E-state index in [1.807, 2.05) is 0 Å². The smallest absolute Gasteiger partial charge is 0.0701 e. The summed E-state index contributed by atoms with van der Waals surface area (Å²) in [7, 11) is 1.68. The summed E-state index contributed by atoms with van der Waals surface area (Å²) < 4.78 is 15.8. The molecule has 108 valence electrons. The second kappa shape index (κ2) is 8.82. The van der Waals surface area contributed by atoms with Crippen molar-refractivity contribution in [1.29, 1.82) is 0 Å². The number of nitrogens with zero attached hydrogens (tertiary/aromatic N) is 1. The predicted octanol–water partition coefficient (Wildman–Crippen LogP) is 0.350. The highest BCUT2D eigenvalue weighted by atomic mass is 16.5. The first-order valence-corrected chi connectivity index (χ1v) is 6.77. The van der Waals surface area contributed by atoms with Crippen LogP contribution in [0.1, 0.15) is 13.8 Å². The maximum atomic E-state index is 5.58.